The standard InChI is InChI=1S/C30H35FN8O3/c1-19-16-37(3)12-13-39(19)24-7-5-23(6-8-24)35-30-34-18-33-28(36-30)21-4-9-26(22(14-21)15-32)42-27-10-11-38(17-25(27)31)29(41)20(2)40/h4-9,14,18-20,25,27,40H,10-13,16-17H2,1-3H3,(H,33,34,35,36)/t19-,20-,25-,27-/m0/s1. The van der Waals surface area contributed by atoms with E-state index in [1.165, 1.54) is 23.8 Å². The number of hydrogen-bond acceptors (Lipinski definition) is 10. The number of benzene rings is 2. The van der Waals surface area contributed by atoms with Crippen molar-refractivity contribution in [1.82, 2.24) is 24.8 Å². The van der Waals surface area contributed by atoms with E-state index in [2.05, 4.69) is 62.2 Å². The SMILES string of the molecule is C[C@H](O)C(=O)N1CC[C@H](Oc2ccc(-c3ncnc(Nc4ccc(N5CCN(C)C[C@@H]5C)cc4)n3)cc2C#N)[C@@H](F)C1. The summed E-state index contributed by atoms with van der Waals surface area (Å²) >= 11 is 0. The van der Waals surface area contributed by atoms with Gasteiger partial charge >= 0.3 is 0 Å². The molecule has 0 spiro atoms. The van der Waals surface area contributed by atoms with E-state index in [1.54, 1.807) is 18.2 Å². The van der Waals surface area contributed by atoms with Crippen molar-refractivity contribution in [3.05, 3.63) is 54.4 Å². The Morgan fingerprint density at radius 2 is 1.95 bits per heavy atom. The highest BCUT2D eigenvalue weighted by molar-refractivity contribution is 5.80. The van der Waals surface area contributed by atoms with Crippen LogP contribution in [-0.4, -0.2) is 100.0 Å². The van der Waals surface area contributed by atoms with E-state index in [-0.39, 0.29) is 30.8 Å². The number of anilines is 3. The summed E-state index contributed by atoms with van der Waals surface area (Å²) in [6, 6.07) is 15.6. The molecule has 0 bridgehead atoms. The van der Waals surface area contributed by atoms with E-state index in [4.69, 9.17) is 4.74 Å². The number of aliphatic hydroxyl groups excluding tert-OH is 1. The highest BCUT2D eigenvalue weighted by Gasteiger charge is 2.34. The summed E-state index contributed by atoms with van der Waals surface area (Å²) < 4.78 is 20.7. The van der Waals surface area contributed by atoms with Crippen molar-refractivity contribution in [3.8, 4) is 23.2 Å². The minimum Gasteiger partial charge on any atom is -0.486 e. The van der Waals surface area contributed by atoms with E-state index < -0.39 is 24.3 Å². The average Bonchev–Trinajstić information content (AvgIpc) is 2.98. The van der Waals surface area contributed by atoms with Crippen LogP contribution in [0.4, 0.5) is 21.7 Å². The molecule has 2 N–H and O–H groups in total. The highest BCUT2D eigenvalue weighted by Crippen LogP contribution is 2.29. The Morgan fingerprint density at radius 1 is 1.17 bits per heavy atom. The molecule has 3 aromatic rings. The maximum Gasteiger partial charge on any atom is 0.251 e. The predicted octanol–water partition coefficient (Wildman–Crippen LogP) is 2.99. The first-order valence-corrected chi connectivity index (χ1v) is 14.0. The van der Waals surface area contributed by atoms with Crippen molar-refractivity contribution in [2.45, 2.75) is 44.7 Å². The summed E-state index contributed by atoms with van der Waals surface area (Å²) in [6.45, 7) is 6.71. The number of aromatic nitrogens is 3. The van der Waals surface area contributed by atoms with Crippen LogP contribution in [0.5, 0.6) is 5.75 Å². The van der Waals surface area contributed by atoms with Crippen LogP contribution in [0.25, 0.3) is 11.4 Å². The molecule has 0 aliphatic carbocycles. The summed E-state index contributed by atoms with van der Waals surface area (Å²) in [5.41, 5.74) is 2.80. The van der Waals surface area contributed by atoms with Crippen molar-refractivity contribution in [3.63, 3.8) is 0 Å². The second-order valence-corrected chi connectivity index (χ2v) is 10.9. The Hall–Kier alpha value is -4.34. The van der Waals surface area contributed by atoms with Gasteiger partial charge in [0.1, 0.15) is 30.4 Å². The van der Waals surface area contributed by atoms with Gasteiger partial charge in [0.15, 0.2) is 12.0 Å². The fraction of sp³-hybridized carbons (Fsp3) is 0.433. The zero-order valence-electron chi connectivity index (χ0n) is 23.9. The first-order chi connectivity index (χ1) is 20.2. The van der Waals surface area contributed by atoms with E-state index in [1.807, 2.05) is 12.1 Å². The van der Waals surface area contributed by atoms with Crippen LogP contribution in [0.1, 0.15) is 25.8 Å². The van der Waals surface area contributed by atoms with Gasteiger partial charge in [-0.25, -0.2) is 14.4 Å². The number of hydrogen-bond donors (Lipinski definition) is 2. The number of carbonyl (C=O) groups excluding carboxylic acids is 1. The quantitative estimate of drug-likeness (QED) is 0.434. The van der Waals surface area contributed by atoms with Crippen LogP contribution in [0, 0.1) is 11.3 Å². The largest absolute Gasteiger partial charge is 0.486 e. The molecule has 2 fully saturated rings. The smallest absolute Gasteiger partial charge is 0.251 e. The van der Waals surface area contributed by atoms with Gasteiger partial charge in [0.05, 0.1) is 12.1 Å². The van der Waals surface area contributed by atoms with E-state index in [0.717, 1.165) is 25.3 Å². The number of likely N-dealkylation sites (N-methyl/N-ethyl adjacent to an activating group) is 1. The molecule has 11 nitrogen and oxygen atoms in total. The third-order valence-corrected chi connectivity index (χ3v) is 7.64. The summed E-state index contributed by atoms with van der Waals surface area (Å²) in [6.07, 6.45) is -1.82. The number of piperazine rings is 1. The maximum atomic E-state index is 14.8. The predicted molar refractivity (Wildman–Crippen MR) is 156 cm³/mol. The molecule has 4 atom stereocenters. The van der Waals surface area contributed by atoms with Gasteiger partial charge in [-0.2, -0.15) is 10.2 Å². The monoisotopic (exact) mass is 574 g/mol. The number of nitriles is 1. The minimum atomic E-state index is -1.45. The third-order valence-electron chi connectivity index (χ3n) is 7.64. The van der Waals surface area contributed by atoms with E-state index in [0.29, 0.717) is 23.4 Å². The molecule has 0 radical (unpaired) electrons. The van der Waals surface area contributed by atoms with Crippen molar-refractivity contribution in [2.24, 2.45) is 0 Å². The van der Waals surface area contributed by atoms with Gasteiger partial charge in [0.2, 0.25) is 5.95 Å². The molecule has 0 unspecified atom stereocenters. The Labute approximate surface area is 244 Å². The second-order valence-electron chi connectivity index (χ2n) is 10.9. The molecule has 42 heavy (non-hydrogen) atoms. The van der Waals surface area contributed by atoms with E-state index >= 15 is 0 Å². The molecule has 220 valence electrons. The lowest BCUT2D eigenvalue weighted by Crippen LogP contribution is -2.51. The number of piperidine rings is 1. The first kappa shape index (κ1) is 29.2. The normalized spacial score (nSPS) is 21.9. The molecule has 2 aliphatic heterocycles. The Morgan fingerprint density at radius 3 is 2.64 bits per heavy atom. The molecule has 12 heteroatoms. The van der Waals surface area contributed by atoms with Crippen LogP contribution in [0.2, 0.25) is 0 Å². The van der Waals surface area contributed by atoms with Crippen molar-refractivity contribution >= 4 is 23.2 Å². The summed E-state index contributed by atoms with van der Waals surface area (Å²) in [4.78, 5) is 31.1. The summed E-state index contributed by atoms with van der Waals surface area (Å²) in [5, 5.41) is 22.5. The van der Waals surface area contributed by atoms with Crippen LogP contribution < -0.4 is 15.0 Å². The number of nitrogens with one attached hydrogen (secondary N) is 1. The maximum absolute atomic E-state index is 14.8. The molecule has 5 rings (SSSR count). The Kier molecular flexibility index (Phi) is 8.80. The molecule has 2 aromatic carbocycles. The number of carbonyl (C=O) groups is 1. The molecular weight excluding hydrogens is 539 g/mol. The molecule has 0 saturated carbocycles. The van der Waals surface area contributed by atoms with Crippen LogP contribution in [-0.2, 0) is 4.79 Å². The van der Waals surface area contributed by atoms with Crippen molar-refractivity contribution < 1.29 is 19.0 Å². The number of halogens is 1. The third kappa shape index (κ3) is 6.58. The van der Waals surface area contributed by atoms with Gasteiger partial charge in [-0.05, 0) is 63.4 Å². The van der Waals surface area contributed by atoms with Gasteiger partial charge < -0.3 is 29.9 Å². The van der Waals surface area contributed by atoms with Crippen molar-refractivity contribution in [1.29, 1.82) is 5.26 Å². The lowest BCUT2D eigenvalue weighted by Gasteiger charge is -2.39. The van der Waals surface area contributed by atoms with Crippen LogP contribution in [0.3, 0.4) is 0 Å². The number of alkyl halides is 1. The number of likely N-dealkylation sites (tertiary alicyclic amines) is 1. The summed E-state index contributed by atoms with van der Waals surface area (Å²) in [7, 11) is 2.14. The lowest BCUT2D eigenvalue weighted by molar-refractivity contribution is -0.143. The zero-order valence-corrected chi connectivity index (χ0v) is 23.9. The molecule has 1 amide bonds. The van der Waals surface area contributed by atoms with Gasteiger partial charge in [0, 0.05) is 55.6 Å². The minimum absolute atomic E-state index is 0.174. The Bertz CT molecular complexity index is 1450. The highest BCUT2D eigenvalue weighted by atomic mass is 19.1. The number of amides is 1. The molecule has 2 aliphatic rings. The molecule has 2 saturated heterocycles. The first-order valence-electron chi connectivity index (χ1n) is 14.0. The second kappa shape index (κ2) is 12.7. The number of ether oxygens (including phenoxy) is 1. The average molecular weight is 575 g/mol. The zero-order chi connectivity index (χ0) is 29.8. The van der Waals surface area contributed by atoms with Gasteiger partial charge in [-0.3, -0.25) is 4.79 Å². The van der Waals surface area contributed by atoms with Crippen molar-refractivity contribution in [2.75, 3.05) is 50.0 Å². The van der Waals surface area contributed by atoms with Gasteiger partial charge in [0.25, 0.3) is 5.91 Å². The van der Waals surface area contributed by atoms with Crippen LogP contribution >= 0.6 is 0 Å². The van der Waals surface area contributed by atoms with Gasteiger partial charge in [-0.1, -0.05) is 0 Å². The molecule has 1 aromatic heterocycles. The fourth-order valence-electron chi connectivity index (χ4n) is 5.39. The van der Waals surface area contributed by atoms with Gasteiger partial charge in [-0.15, -0.1) is 0 Å². The molecular formula is C30H35FN8O3. The van der Waals surface area contributed by atoms with Crippen LogP contribution in [0.15, 0.2) is 48.8 Å². The topological polar surface area (TPSA) is 131 Å². The fourth-order valence-corrected chi connectivity index (χ4v) is 5.39. The molecule has 3 heterocycles. The number of aliphatic hydroxyl groups is 1. The Balaban J connectivity index is 1.25. The van der Waals surface area contributed by atoms with E-state index in [9.17, 15) is 19.6 Å². The summed E-state index contributed by atoms with van der Waals surface area (Å²) in [5.74, 6) is 0.457. The number of nitrogens with zero attached hydrogens (tertiary/aromatic N) is 7. The number of rotatable bonds is 7. The lowest BCUT2D eigenvalue weighted by atomic mass is 10.0.